The van der Waals surface area contributed by atoms with Crippen LogP contribution in [0.2, 0.25) is 0 Å². The van der Waals surface area contributed by atoms with Crippen molar-refractivity contribution in [1.29, 1.82) is 0 Å². The number of likely N-dealkylation sites (N-methyl/N-ethyl adjacent to an activating group) is 1. The van der Waals surface area contributed by atoms with Gasteiger partial charge in [-0.05, 0) is 35.5 Å². The Bertz CT molecular complexity index is 499. The van der Waals surface area contributed by atoms with Gasteiger partial charge in [-0.25, -0.2) is 0 Å². The molecule has 0 bridgehead atoms. The van der Waals surface area contributed by atoms with Crippen LogP contribution in [0.1, 0.15) is 17.2 Å². The van der Waals surface area contributed by atoms with E-state index in [0.29, 0.717) is 6.54 Å². The van der Waals surface area contributed by atoms with Gasteiger partial charge in [0.05, 0.1) is 13.2 Å². The van der Waals surface area contributed by atoms with Crippen LogP contribution in [-0.2, 0) is 6.54 Å². The molecule has 2 aromatic rings. The molecule has 0 radical (unpaired) electrons. The molecule has 102 valence electrons. The highest BCUT2D eigenvalue weighted by Gasteiger charge is 2.19. The van der Waals surface area contributed by atoms with Gasteiger partial charge in [-0.3, -0.25) is 4.90 Å². The second-order valence-electron chi connectivity index (χ2n) is 4.54. The largest absolute Gasteiger partial charge is 0.496 e. The zero-order valence-corrected chi connectivity index (χ0v) is 12.2. The summed E-state index contributed by atoms with van der Waals surface area (Å²) in [6.07, 6.45) is 0. The predicted octanol–water partition coefficient (Wildman–Crippen LogP) is 2.89. The van der Waals surface area contributed by atoms with Gasteiger partial charge >= 0.3 is 0 Å². The molecule has 4 heteroatoms. The molecule has 1 aromatic heterocycles. The van der Waals surface area contributed by atoms with E-state index in [1.54, 1.807) is 18.4 Å². The number of nitrogens with zero attached hydrogens (tertiary/aromatic N) is 1. The molecule has 0 saturated heterocycles. The first kappa shape index (κ1) is 14.1. The van der Waals surface area contributed by atoms with Crippen molar-refractivity contribution in [3.05, 3.63) is 52.2 Å². The van der Waals surface area contributed by atoms with Gasteiger partial charge in [0.15, 0.2) is 0 Å². The van der Waals surface area contributed by atoms with E-state index in [1.165, 1.54) is 5.56 Å². The topological polar surface area (TPSA) is 38.5 Å². The second-order valence-corrected chi connectivity index (χ2v) is 5.32. The summed E-state index contributed by atoms with van der Waals surface area (Å²) in [5, 5.41) is 4.27. The second kappa shape index (κ2) is 6.70. The Labute approximate surface area is 118 Å². The molecule has 2 N–H and O–H groups in total. The Morgan fingerprint density at radius 3 is 2.74 bits per heavy atom. The molecular weight excluding hydrogens is 256 g/mol. The van der Waals surface area contributed by atoms with Crippen LogP contribution in [-0.4, -0.2) is 25.6 Å². The number of hydrogen-bond donors (Lipinski definition) is 1. The van der Waals surface area contributed by atoms with E-state index in [-0.39, 0.29) is 6.04 Å². The zero-order chi connectivity index (χ0) is 13.7. The van der Waals surface area contributed by atoms with Crippen LogP contribution >= 0.6 is 11.3 Å². The Balaban J connectivity index is 2.18. The first-order valence-electron chi connectivity index (χ1n) is 6.30. The summed E-state index contributed by atoms with van der Waals surface area (Å²) in [5.74, 6) is 0.898. The third kappa shape index (κ3) is 3.35. The number of nitrogens with two attached hydrogens (primary N) is 1. The van der Waals surface area contributed by atoms with Crippen molar-refractivity contribution in [1.82, 2.24) is 4.90 Å². The van der Waals surface area contributed by atoms with Crippen molar-refractivity contribution < 1.29 is 4.74 Å². The van der Waals surface area contributed by atoms with Crippen LogP contribution in [0.5, 0.6) is 5.75 Å². The van der Waals surface area contributed by atoms with Crippen LogP contribution in [0.25, 0.3) is 0 Å². The van der Waals surface area contributed by atoms with Gasteiger partial charge in [-0.2, -0.15) is 11.3 Å². The highest BCUT2D eigenvalue weighted by Crippen LogP contribution is 2.28. The quantitative estimate of drug-likeness (QED) is 0.881. The fourth-order valence-electron chi connectivity index (χ4n) is 2.27. The lowest BCUT2D eigenvalue weighted by Crippen LogP contribution is -2.30. The molecule has 1 unspecified atom stereocenters. The van der Waals surface area contributed by atoms with Crippen molar-refractivity contribution >= 4 is 11.3 Å². The summed E-state index contributed by atoms with van der Waals surface area (Å²) in [6, 6.07) is 10.4. The summed E-state index contributed by atoms with van der Waals surface area (Å²) in [6.45, 7) is 1.46. The van der Waals surface area contributed by atoms with Crippen LogP contribution in [0, 0.1) is 0 Å². The van der Waals surface area contributed by atoms with Crippen molar-refractivity contribution in [2.75, 3.05) is 20.7 Å². The first-order chi connectivity index (χ1) is 9.26. The summed E-state index contributed by atoms with van der Waals surface area (Å²) < 4.78 is 5.43. The van der Waals surface area contributed by atoms with Crippen LogP contribution in [0.15, 0.2) is 41.1 Å². The third-order valence-electron chi connectivity index (χ3n) is 3.27. The molecule has 0 saturated carbocycles. The number of benzene rings is 1. The minimum absolute atomic E-state index is 0.163. The van der Waals surface area contributed by atoms with Gasteiger partial charge in [0.25, 0.3) is 0 Å². The number of hydrogen-bond acceptors (Lipinski definition) is 4. The number of para-hydroxylation sites is 1. The fourth-order valence-corrected chi connectivity index (χ4v) is 2.93. The summed E-state index contributed by atoms with van der Waals surface area (Å²) in [4.78, 5) is 2.26. The number of methoxy groups -OCH3 is 1. The van der Waals surface area contributed by atoms with E-state index in [4.69, 9.17) is 10.5 Å². The molecule has 3 nitrogen and oxygen atoms in total. The van der Waals surface area contributed by atoms with E-state index in [1.807, 2.05) is 18.2 Å². The minimum atomic E-state index is 0.163. The maximum Gasteiger partial charge on any atom is 0.123 e. The Morgan fingerprint density at radius 1 is 1.32 bits per heavy atom. The van der Waals surface area contributed by atoms with Gasteiger partial charge < -0.3 is 10.5 Å². The predicted molar refractivity (Wildman–Crippen MR) is 80.6 cm³/mol. The normalized spacial score (nSPS) is 12.6. The molecule has 19 heavy (non-hydrogen) atoms. The SMILES string of the molecule is COc1ccccc1C(CN)N(C)Cc1ccsc1. The van der Waals surface area contributed by atoms with Crippen molar-refractivity contribution in [3.8, 4) is 5.75 Å². The Morgan fingerprint density at radius 2 is 2.11 bits per heavy atom. The van der Waals surface area contributed by atoms with Crippen LogP contribution in [0.3, 0.4) is 0 Å². The van der Waals surface area contributed by atoms with E-state index in [2.05, 4.69) is 34.8 Å². The van der Waals surface area contributed by atoms with E-state index >= 15 is 0 Å². The van der Waals surface area contributed by atoms with Crippen molar-refractivity contribution in [3.63, 3.8) is 0 Å². The molecule has 0 aliphatic heterocycles. The lowest BCUT2D eigenvalue weighted by Gasteiger charge is -2.28. The Kier molecular flexibility index (Phi) is 4.96. The molecule has 1 heterocycles. The highest BCUT2D eigenvalue weighted by molar-refractivity contribution is 7.07. The van der Waals surface area contributed by atoms with Crippen molar-refractivity contribution in [2.45, 2.75) is 12.6 Å². The summed E-state index contributed by atoms with van der Waals surface area (Å²) >= 11 is 1.72. The average Bonchev–Trinajstić information content (AvgIpc) is 2.93. The number of rotatable bonds is 6. The summed E-state index contributed by atoms with van der Waals surface area (Å²) in [7, 11) is 3.80. The molecule has 0 fully saturated rings. The molecule has 0 aliphatic rings. The highest BCUT2D eigenvalue weighted by atomic mass is 32.1. The van der Waals surface area contributed by atoms with Gasteiger partial charge in [0, 0.05) is 18.7 Å². The summed E-state index contributed by atoms with van der Waals surface area (Å²) in [5.41, 5.74) is 8.43. The lowest BCUT2D eigenvalue weighted by atomic mass is 10.0. The lowest BCUT2D eigenvalue weighted by molar-refractivity contribution is 0.236. The van der Waals surface area contributed by atoms with E-state index in [0.717, 1.165) is 17.9 Å². The van der Waals surface area contributed by atoms with Crippen LogP contribution < -0.4 is 10.5 Å². The molecule has 1 atom stereocenters. The average molecular weight is 276 g/mol. The molecule has 2 rings (SSSR count). The zero-order valence-electron chi connectivity index (χ0n) is 11.4. The Hall–Kier alpha value is -1.36. The molecular formula is C15H20N2OS. The smallest absolute Gasteiger partial charge is 0.123 e. The maximum absolute atomic E-state index is 5.96. The monoisotopic (exact) mass is 276 g/mol. The standard InChI is InChI=1S/C15H20N2OS/c1-17(10-12-7-8-19-11-12)14(9-16)13-5-3-4-6-15(13)18-2/h3-8,11,14H,9-10,16H2,1-2H3. The van der Waals surface area contributed by atoms with Crippen LogP contribution in [0.4, 0.5) is 0 Å². The fraction of sp³-hybridized carbons (Fsp3) is 0.333. The molecule has 1 aromatic carbocycles. The molecule has 0 spiro atoms. The molecule has 0 aliphatic carbocycles. The maximum atomic E-state index is 5.96. The van der Waals surface area contributed by atoms with Gasteiger partial charge in [0.1, 0.15) is 5.75 Å². The minimum Gasteiger partial charge on any atom is -0.496 e. The number of ether oxygens (including phenoxy) is 1. The van der Waals surface area contributed by atoms with Crippen molar-refractivity contribution in [2.24, 2.45) is 5.73 Å². The van der Waals surface area contributed by atoms with Gasteiger partial charge in [-0.1, -0.05) is 18.2 Å². The number of thiophene rings is 1. The first-order valence-corrected chi connectivity index (χ1v) is 7.24. The third-order valence-corrected chi connectivity index (χ3v) is 4.00. The van der Waals surface area contributed by atoms with E-state index < -0.39 is 0 Å². The van der Waals surface area contributed by atoms with Gasteiger partial charge in [0.2, 0.25) is 0 Å². The van der Waals surface area contributed by atoms with Gasteiger partial charge in [-0.15, -0.1) is 0 Å². The molecule has 0 amide bonds. The van der Waals surface area contributed by atoms with E-state index in [9.17, 15) is 0 Å².